The van der Waals surface area contributed by atoms with Gasteiger partial charge in [0.2, 0.25) is 0 Å². The molecule has 1 aliphatic rings. The van der Waals surface area contributed by atoms with E-state index in [4.69, 9.17) is 9.47 Å². The molecule has 0 unspecified atom stereocenters. The second-order valence-corrected chi connectivity index (χ2v) is 3.54. The molecule has 3 atom stereocenters. The highest BCUT2D eigenvalue weighted by atomic mass is 16.6. The molecule has 0 bridgehead atoms. The van der Waals surface area contributed by atoms with Crippen LogP contribution in [0.25, 0.3) is 0 Å². The summed E-state index contributed by atoms with van der Waals surface area (Å²) in [7, 11) is 1.64. The molecule has 1 saturated heterocycles. The van der Waals surface area contributed by atoms with E-state index in [1.54, 1.807) is 14.0 Å². The smallest absolute Gasteiger partial charge is 0.119 e. The Morgan fingerprint density at radius 2 is 2.29 bits per heavy atom. The Hall–Kier alpha value is -1.06. The topological polar surface area (TPSA) is 42.0 Å². The Morgan fingerprint density at radius 1 is 1.50 bits per heavy atom. The molecule has 0 amide bonds. The summed E-state index contributed by atoms with van der Waals surface area (Å²) in [5.74, 6) is 0.822. The fourth-order valence-electron chi connectivity index (χ4n) is 1.58. The standard InChI is InChI=1S/C11H14O3/c1-7(12)10-11(14-10)8-4-3-5-9(6-8)13-2/h3-7,10-12H,1-2H3/t7-,10-,11+/m0/s1. The van der Waals surface area contributed by atoms with Crippen LogP contribution in [0.2, 0.25) is 0 Å². The number of hydrogen-bond acceptors (Lipinski definition) is 3. The molecule has 0 aliphatic carbocycles. The summed E-state index contributed by atoms with van der Waals surface area (Å²) in [5.41, 5.74) is 1.07. The molecule has 14 heavy (non-hydrogen) atoms. The number of benzene rings is 1. The lowest BCUT2D eigenvalue weighted by molar-refractivity contribution is 0.152. The van der Waals surface area contributed by atoms with Crippen molar-refractivity contribution in [3.8, 4) is 5.75 Å². The number of aliphatic hydroxyl groups is 1. The normalized spacial score (nSPS) is 27.1. The maximum absolute atomic E-state index is 9.29. The molecular formula is C11H14O3. The fourth-order valence-corrected chi connectivity index (χ4v) is 1.58. The van der Waals surface area contributed by atoms with Gasteiger partial charge < -0.3 is 14.6 Å². The van der Waals surface area contributed by atoms with Crippen LogP contribution in [-0.2, 0) is 4.74 Å². The van der Waals surface area contributed by atoms with Gasteiger partial charge in [0.15, 0.2) is 0 Å². The summed E-state index contributed by atoms with van der Waals surface area (Å²) in [5, 5.41) is 9.29. The molecule has 0 saturated carbocycles. The quantitative estimate of drug-likeness (QED) is 0.742. The van der Waals surface area contributed by atoms with Crippen molar-refractivity contribution in [3.05, 3.63) is 29.8 Å². The van der Waals surface area contributed by atoms with Crippen LogP contribution in [0.5, 0.6) is 5.75 Å². The minimum Gasteiger partial charge on any atom is -0.497 e. The van der Waals surface area contributed by atoms with Gasteiger partial charge in [-0.15, -0.1) is 0 Å². The highest BCUT2D eigenvalue weighted by Gasteiger charge is 2.43. The van der Waals surface area contributed by atoms with Gasteiger partial charge in [0.25, 0.3) is 0 Å². The van der Waals surface area contributed by atoms with Gasteiger partial charge in [0.05, 0.1) is 13.2 Å². The van der Waals surface area contributed by atoms with Gasteiger partial charge in [-0.25, -0.2) is 0 Å². The van der Waals surface area contributed by atoms with Crippen LogP contribution in [0, 0.1) is 0 Å². The molecule has 0 radical (unpaired) electrons. The SMILES string of the molecule is COc1cccc([C@H]2O[C@H]2[C@H](C)O)c1. The molecule has 0 spiro atoms. The van der Waals surface area contributed by atoms with Crippen LogP contribution >= 0.6 is 0 Å². The number of epoxide rings is 1. The molecule has 1 aromatic carbocycles. The van der Waals surface area contributed by atoms with Gasteiger partial charge in [0.1, 0.15) is 18.0 Å². The van der Waals surface area contributed by atoms with Crippen molar-refractivity contribution in [1.29, 1.82) is 0 Å². The third-order valence-electron chi connectivity index (χ3n) is 2.42. The second kappa shape index (κ2) is 3.59. The summed E-state index contributed by atoms with van der Waals surface area (Å²) >= 11 is 0. The van der Waals surface area contributed by atoms with Crippen molar-refractivity contribution in [1.82, 2.24) is 0 Å². The van der Waals surface area contributed by atoms with Crippen molar-refractivity contribution < 1.29 is 14.6 Å². The zero-order valence-corrected chi connectivity index (χ0v) is 8.31. The molecule has 3 heteroatoms. The molecular weight excluding hydrogens is 180 g/mol. The van der Waals surface area contributed by atoms with Gasteiger partial charge in [0, 0.05) is 0 Å². The van der Waals surface area contributed by atoms with Crippen molar-refractivity contribution in [2.75, 3.05) is 7.11 Å². The second-order valence-electron chi connectivity index (χ2n) is 3.54. The summed E-state index contributed by atoms with van der Waals surface area (Å²) in [6.45, 7) is 1.74. The van der Waals surface area contributed by atoms with Crippen molar-refractivity contribution >= 4 is 0 Å². The number of methoxy groups -OCH3 is 1. The molecule has 1 aliphatic heterocycles. The first-order valence-electron chi connectivity index (χ1n) is 4.70. The van der Waals surface area contributed by atoms with E-state index in [0.717, 1.165) is 11.3 Å². The minimum absolute atomic E-state index is 0.0325. The first-order chi connectivity index (χ1) is 6.72. The predicted octanol–water partition coefficient (Wildman–Crippen LogP) is 1.52. The Bertz CT molecular complexity index is 322. The average Bonchev–Trinajstić information content (AvgIpc) is 2.97. The lowest BCUT2D eigenvalue weighted by Gasteiger charge is -2.02. The van der Waals surface area contributed by atoms with E-state index in [0.29, 0.717) is 0 Å². The van der Waals surface area contributed by atoms with Crippen molar-refractivity contribution in [2.24, 2.45) is 0 Å². The van der Waals surface area contributed by atoms with Crippen LogP contribution in [0.15, 0.2) is 24.3 Å². The summed E-state index contributed by atoms with van der Waals surface area (Å²) < 4.78 is 10.5. The molecule has 1 N–H and O–H groups in total. The average molecular weight is 194 g/mol. The van der Waals surface area contributed by atoms with Crippen molar-refractivity contribution in [3.63, 3.8) is 0 Å². The Morgan fingerprint density at radius 3 is 2.86 bits per heavy atom. The van der Waals surface area contributed by atoms with Gasteiger partial charge in [-0.05, 0) is 24.6 Å². The predicted molar refractivity (Wildman–Crippen MR) is 52.3 cm³/mol. The van der Waals surface area contributed by atoms with E-state index in [1.807, 2.05) is 24.3 Å². The van der Waals surface area contributed by atoms with Gasteiger partial charge in [-0.3, -0.25) is 0 Å². The monoisotopic (exact) mass is 194 g/mol. The van der Waals surface area contributed by atoms with Gasteiger partial charge in [-0.1, -0.05) is 12.1 Å². The lowest BCUT2D eigenvalue weighted by atomic mass is 10.1. The summed E-state index contributed by atoms with van der Waals surface area (Å²) in [6, 6.07) is 7.74. The minimum atomic E-state index is -0.411. The number of rotatable bonds is 3. The van der Waals surface area contributed by atoms with E-state index in [9.17, 15) is 5.11 Å². The first kappa shape index (κ1) is 9.49. The lowest BCUT2D eigenvalue weighted by Crippen LogP contribution is -2.09. The summed E-state index contributed by atoms with van der Waals surface area (Å²) in [6.07, 6.45) is -0.432. The molecule has 76 valence electrons. The summed E-state index contributed by atoms with van der Waals surface area (Å²) in [4.78, 5) is 0. The van der Waals surface area contributed by atoms with Crippen LogP contribution < -0.4 is 4.74 Å². The van der Waals surface area contributed by atoms with Crippen LogP contribution in [0.4, 0.5) is 0 Å². The van der Waals surface area contributed by atoms with Gasteiger partial charge >= 0.3 is 0 Å². The van der Waals surface area contributed by atoms with Gasteiger partial charge in [-0.2, -0.15) is 0 Å². The highest BCUT2D eigenvalue weighted by Crippen LogP contribution is 2.41. The zero-order chi connectivity index (χ0) is 10.1. The molecule has 2 rings (SSSR count). The highest BCUT2D eigenvalue weighted by molar-refractivity contribution is 5.32. The van der Waals surface area contributed by atoms with E-state index >= 15 is 0 Å². The Kier molecular flexibility index (Phi) is 2.44. The van der Waals surface area contributed by atoms with Crippen molar-refractivity contribution in [2.45, 2.75) is 25.2 Å². The van der Waals surface area contributed by atoms with E-state index < -0.39 is 6.10 Å². The Labute approximate surface area is 83.3 Å². The molecule has 1 heterocycles. The van der Waals surface area contributed by atoms with Crippen LogP contribution in [-0.4, -0.2) is 24.4 Å². The van der Waals surface area contributed by atoms with E-state index in [2.05, 4.69) is 0 Å². The molecule has 1 aromatic rings. The fraction of sp³-hybridized carbons (Fsp3) is 0.455. The molecule has 1 fully saturated rings. The maximum atomic E-state index is 9.29. The maximum Gasteiger partial charge on any atom is 0.119 e. The number of hydrogen-bond donors (Lipinski definition) is 1. The Balaban J connectivity index is 2.11. The largest absolute Gasteiger partial charge is 0.497 e. The van der Waals surface area contributed by atoms with Crippen LogP contribution in [0.3, 0.4) is 0 Å². The van der Waals surface area contributed by atoms with E-state index in [-0.39, 0.29) is 12.2 Å². The van der Waals surface area contributed by atoms with E-state index in [1.165, 1.54) is 0 Å². The number of aliphatic hydroxyl groups excluding tert-OH is 1. The zero-order valence-electron chi connectivity index (χ0n) is 8.31. The molecule has 3 nitrogen and oxygen atoms in total. The van der Waals surface area contributed by atoms with Crippen LogP contribution in [0.1, 0.15) is 18.6 Å². The third kappa shape index (κ3) is 1.74. The molecule has 0 aromatic heterocycles. The number of ether oxygens (including phenoxy) is 2. The third-order valence-corrected chi connectivity index (χ3v) is 2.42. The first-order valence-corrected chi connectivity index (χ1v) is 4.70.